The first-order chi connectivity index (χ1) is 7.84. The second-order valence-electron chi connectivity index (χ2n) is 4.59. The van der Waals surface area contributed by atoms with E-state index in [1.165, 1.54) is 6.92 Å². The van der Waals surface area contributed by atoms with Gasteiger partial charge in [0.2, 0.25) is 5.91 Å². The monoisotopic (exact) mass is 253 g/mol. The van der Waals surface area contributed by atoms with Crippen molar-refractivity contribution < 1.29 is 13.2 Å². The van der Waals surface area contributed by atoms with Gasteiger partial charge < -0.3 is 5.32 Å². The number of sulfone groups is 1. The predicted molar refractivity (Wildman–Crippen MR) is 65.8 cm³/mol. The van der Waals surface area contributed by atoms with Crippen LogP contribution < -0.4 is 5.32 Å². The number of hydrogen-bond donors (Lipinski definition) is 1. The number of anilines is 1. The van der Waals surface area contributed by atoms with Crippen LogP contribution in [0.1, 0.15) is 32.3 Å². The number of rotatable bonds is 1. The summed E-state index contributed by atoms with van der Waals surface area (Å²) in [5.74, 6) is -0.210. The van der Waals surface area contributed by atoms with Crippen molar-refractivity contribution in [1.82, 2.24) is 0 Å². The smallest absolute Gasteiger partial charge is 0.242 e. The van der Waals surface area contributed by atoms with Gasteiger partial charge in [-0.15, -0.1) is 0 Å². The summed E-state index contributed by atoms with van der Waals surface area (Å²) in [6.45, 7) is 5.41. The summed E-state index contributed by atoms with van der Waals surface area (Å²) in [5.41, 5.74) is 1.34. The molecular formula is C12H15NO3S. The van der Waals surface area contributed by atoms with Crippen molar-refractivity contribution >= 4 is 21.4 Å². The Hall–Kier alpha value is -1.36. The molecule has 0 aliphatic carbocycles. The van der Waals surface area contributed by atoms with Gasteiger partial charge in [0.1, 0.15) is 5.25 Å². The Balaban J connectivity index is 2.66. The maximum atomic E-state index is 12.1. The molecule has 2 rings (SSSR count). The lowest BCUT2D eigenvalue weighted by Gasteiger charge is -2.23. The molecule has 0 bridgehead atoms. The summed E-state index contributed by atoms with van der Waals surface area (Å²) in [6, 6.07) is 5.16. The van der Waals surface area contributed by atoms with Gasteiger partial charge in [0.05, 0.1) is 10.6 Å². The molecule has 1 aliphatic rings. The molecule has 1 N–H and O–H groups in total. The van der Waals surface area contributed by atoms with E-state index in [1.807, 2.05) is 19.9 Å². The van der Waals surface area contributed by atoms with Crippen LogP contribution in [0.15, 0.2) is 23.1 Å². The molecule has 1 amide bonds. The van der Waals surface area contributed by atoms with Crippen LogP contribution in [0.4, 0.5) is 5.69 Å². The largest absolute Gasteiger partial charge is 0.324 e. The van der Waals surface area contributed by atoms with Crippen LogP contribution in [0.5, 0.6) is 0 Å². The number of carbonyl (C=O) groups excluding carboxylic acids is 1. The zero-order valence-electron chi connectivity index (χ0n) is 10.0. The lowest BCUT2D eigenvalue weighted by Crippen LogP contribution is -2.37. The van der Waals surface area contributed by atoms with Crippen molar-refractivity contribution in [2.45, 2.75) is 36.8 Å². The van der Waals surface area contributed by atoms with Gasteiger partial charge in [0.15, 0.2) is 9.84 Å². The Kier molecular flexibility index (Phi) is 2.73. The van der Waals surface area contributed by atoms with E-state index >= 15 is 0 Å². The van der Waals surface area contributed by atoms with E-state index in [0.717, 1.165) is 5.56 Å². The first-order valence-electron chi connectivity index (χ1n) is 5.52. The van der Waals surface area contributed by atoms with E-state index in [2.05, 4.69) is 5.32 Å². The molecule has 0 spiro atoms. The average molecular weight is 253 g/mol. The van der Waals surface area contributed by atoms with Crippen molar-refractivity contribution in [2.24, 2.45) is 0 Å². The van der Waals surface area contributed by atoms with Crippen molar-refractivity contribution in [3.8, 4) is 0 Å². The highest BCUT2D eigenvalue weighted by molar-refractivity contribution is 7.93. The van der Waals surface area contributed by atoms with Crippen molar-refractivity contribution in [3.63, 3.8) is 0 Å². The van der Waals surface area contributed by atoms with Gasteiger partial charge in [-0.1, -0.05) is 19.9 Å². The Labute approximate surface area is 101 Å². The molecule has 0 radical (unpaired) electrons. The molecule has 92 valence electrons. The van der Waals surface area contributed by atoms with Crippen molar-refractivity contribution in [3.05, 3.63) is 23.8 Å². The fourth-order valence-electron chi connectivity index (χ4n) is 1.80. The van der Waals surface area contributed by atoms with Gasteiger partial charge in [0.25, 0.3) is 0 Å². The maximum absolute atomic E-state index is 12.1. The minimum atomic E-state index is -3.54. The Morgan fingerprint density at radius 1 is 1.29 bits per heavy atom. The molecule has 1 aromatic carbocycles. The van der Waals surface area contributed by atoms with Crippen LogP contribution in [0, 0.1) is 0 Å². The number of amides is 1. The molecule has 0 saturated carbocycles. The van der Waals surface area contributed by atoms with E-state index in [4.69, 9.17) is 0 Å². The SMILES string of the molecule is CC(C)c1ccc2c(c1)S(=O)(=O)C(C)C(=O)N2. The third kappa shape index (κ3) is 1.84. The number of fused-ring (bicyclic) bond motifs is 1. The molecule has 0 saturated heterocycles. The average Bonchev–Trinajstić information content (AvgIpc) is 2.26. The van der Waals surface area contributed by atoms with E-state index < -0.39 is 21.0 Å². The number of benzene rings is 1. The first kappa shape index (κ1) is 12.1. The molecule has 1 heterocycles. The first-order valence-corrected chi connectivity index (χ1v) is 7.07. The lowest BCUT2D eigenvalue weighted by atomic mass is 10.0. The number of hydrogen-bond acceptors (Lipinski definition) is 3. The topological polar surface area (TPSA) is 63.2 Å². The number of carbonyl (C=O) groups is 1. The fourth-order valence-corrected chi connectivity index (χ4v) is 3.25. The normalized spacial score (nSPS) is 22.1. The fraction of sp³-hybridized carbons (Fsp3) is 0.417. The minimum absolute atomic E-state index is 0.232. The second kappa shape index (κ2) is 3.84. The Bertz CT molecular complexity index is 575. The Morgan fingerprint density at radius 3 is 2.53 bits per heavy atom. The number of nitrogens with one attached hydrogen (secondary N) is 1. The lowest BCUT2D eigenvalue weighted by molar-refractivity contribution is -0.115. The van der Waals surface area contributed by atoms with Crippen LogP contribution in [0.2, 0.25) is 0 Å². The summed E-state index contributed by atoms with van der Waals surface area (Å²) >= 11 is 0. The standard InChI is InChI=1S/C12H15NO3S/c1-7(2)9-4-5-10-11(6-9)17(15,16)8(3)12(14)13-10/h4-8H,1-3H3,(H,13,14). The van der Waals surface area contributed by atoms with Crippen LogP contribution in [0.25, 0.3) is 0 Å². The molecule has 17 heavy (non-hydrogen) atoms. The molecule has 0 aromatic heterocycles. The van der Waals surface area contributed by atoms with Gasteiger partial charge in [-0.3, -0.25) is 4.79 Å². The van der Waals surface area contributed by atoms with Crippen LogP contribution in [-0.4, -0.2) is 19.6 Å². The van der Waals surface area contributed by atoms with Gasteiger partial charge in [-0.05, 0) is 30.5 Å². The third-order valence-electron chi connectivity index (χ3n) is 3.07. The molecule has 1 aliphatic heterocycles. The van der Waals surface area contributed by atoms with E-state index in [-0.39, 0.29) is 10.8 Å². The highest BCUT2D eigenvalue weighted by atomic mass is 32.2. The quantitative estimate of drug-likeness (QED) is 0.831. The zero-order valence-corrected chi connectivity index (χ0v) is 10.8. The summed E-state index contributed by atoms with van der Waals surface area (Å²) in [4.78, 5) is 11.7. The van der Waals surface area contributed by atoms with Gasteiger partial charge >= 0.3 is 0 Å². The molecule has 0 fully saturated rings. The minimum Gasteiger partial charge on any atom is -0.324 e. The Morgan fingerprint density at radius 2 is 1.94 bits per heavy atom. The van der Waals surface area contributed by atoms with Gasteiger partial charge in [-0.2, -0.15) is 0 Å². The second-order valence-corrected chi connectivity index (χ2v) is 6.82. The molecule has 1 aromatic rings. The molecule has 1 atom stereocenters. The molecule has 1 unspecified atom stereocenters. The summed E-state index contributed by atoms with van der Waals surface area (Å²) in [5, 5.41) is 1.60. The molecule has 4 nitrogen and oxygen atoms in total. The van der Waals surface area contributed by atoms with E-state index in [9.17, 15) is 13.2 Å². The van der Waals surface area contributed by atoms with Crippen molar-refractivity contribution in [1.29, 1.82) is 0 Å². The summed E-state index contributed by atoms with van der Waals surface area (Å²) < 4.78 is 24.3. The molecule has 5 heteroatoms. The van der Waals surface area contributed by atoms with Gasteiger partial charge in [-0.25, -0.2) is 8.42 Å². The third-order valence-corrected chi connectivity index (χ3v) is 5.17. The predicted octanol–water partition coefficient (Wildman–Crippen LogP) is 1.92. The van der Waals surface area contributed by atoms with Crippen molar-refractivity contribution in [2.75, 3.05) is 5.32 Å². The van der Waals surface area contributed by atoms with E-state index in [0.29, 0.717) is 5.69 Å². The van der Waals surface area contributed by atoms with Crippen LogP contribution in [0.3, 0.4) is 0 Å². The summed E-state index contributed by atoms with van der Waals surface area (Å²) in [6.07, 6.45) is 0. The van der Waals surface area contributed by atoms with Crippen LogP contribution >= 0.6 is 0 Å². The maximum Gasteiger partial charge on any atom is 0.242 e. The zero-order chi connectivity index (χ0) is 12.8. The highest BCUT2D eigenvalue weighted by Gasteiger charge is 2.36. The highest BCUT2D eigenvalue weighted by Crippen LogP contribution is 2.32. The molecular weight excluding hydrogens is 238 g/mol. The summed E-state index contributed by atoms with van der Waals surface area (Å²) in [7, 11) is -3.54. The van der Waals surface area contributed by atoms with E-state index in [1.54, 1.807) is 12.1 Å². The van der Waals surface area contributed by atoms with Gasteiger partial charge in [0, 0.05) is 0 Å². The van der Waals surface area contributed by atoms with Crippen LogP contribution in [-0.2, 0) is 14.6 Å².